The SMILES string of the molecule is C=C=COc1ccc(Cc2ccc(OC=C=C)cc2CCC)c(CCC)c1. The van der Waals surface area contributed by atoms with E-state index in [-0.39, 0.29) is 0 Å². The summed E-state index contributed by atoms with van der Waals surface area (Å²) in [5.41, 5.74) is 10.6. The van der Waals surface area contributed by atoms with E-state index in [4.69, 9.17) is 9.47 Å². The van der Waals surface area contributed by atoms with Gasteiger partial charge in [-0.15, -0.1) is 0 Å². The van der Waals surface area contributed by atoms with E-state index in [2.05, 4.69) is 62.7 Å². The Morgan fingerprint density at radius 2 is 1.19 bits per heavy atom. The van der Waals surface area contributed by atoms with Crippen LogP contribution in [-0.4, -0.2) is 0 Å². The van der Waals surface area contributed by atoms with Gasteiger partial charge in [0.15, 0.2) is 0 Å². The van der Waals surface area contributed by atoms with Crippen molar-refractivity contribution in [3.8, 4) is 11.5 Å². The Bertz CT molecular complexity index is 779. The van der Waals surface area contributed by atoms with Crippen molar-refractivity contribution in [2.24, 2.45) is 0 Å². The van der Waals surface area contributed by atoms with Crippen LogP contribution in [0.3, 0.4) is 0 Å². The van der Waals surface area contributed by atoms with Crippen LogP contribution in [0.1, 0.15) is 48.9 Å². The average molecular weight is 360 g/mol. The van der Waals surface area contributed by atoms with Crippen molar-refractivity contribution < 1.29 is 9.47 Å². The highest BCUT2D eigenvalue weighted by Gasteiger charge is 2.10. The Labute approximate surface area is 163 Å². The van der Waals surface area contributed by atoms with Crippen molar-refractivity contribution >= 4 is 0 Å². The van der Waals surface area contributed by atoms with E-state index in [0.29, 0.717) is 0 Å². The fraction of sp³-hybridized carbons (Fsp3) is 0.280. The lowest BCUT2D eigenvalue weighted by Crippen LogP contribution is -2.01. The van der Waals surface area contributed by atoms with Crippen molar-refractivity contribution in [3.63, 3.8) is 0 Å². The summed E-state index contributed by atoms with van der Waals surface area (Å²) in [4.78, 5) is 0. The zero-order valence-electron chi connectivity index (χ0n) is 16.4. The number of hydrogen-bond donors (Lipinski definition) is 0. The van der Waals surface area contributed by atoms with Gasteiger partial charge in [0.2, 0.25) is 0 Å². The van der Waals surface area contributed by atoms with E-state index in [0.717, 1.165) is 43.6 Å². The lowest BCUT2D eigenvalue weighted by Gasteiger charge is -2.15. The Morgan fingerprint density at radius 1 is 0.741 bits per heavy atom. The quantitative estimate of drug-likeness (QED) is 0.354. The highest BCUT2D eigenvalue weighted by atomic mass is 16.5. The van der Waals surface area contributed by atoms with Gasteiger partial charge in [-0.05, 0) is 65.8 Å². The fourth-order valence-corrected chi connectivity index (χ4v) is 3.12. The van der Waals surface area contributed by atoms with E-state index in [9.17, 15) is 0 Å². The fourth-order valence-electron chi connectivity index (χ4n) is 3.12. The summed E-state index contributed by atoms with van der Waals surface area (Å²) in [5.74, 6) is 1.65. The van der Waals surface area contributed by atoms with Crippen LogP contribution < -0.4 is 9.47 Å². The molecule has 140 valence electrons. The predicted molar refractivity (Wildman–Crippen MR) is 112 cm³/mol. The Hall–Kier alpha value is -2.92. The number of benzene rings is 2. The summed E-state index contributed by atoms with van der Waals surface area (Å²) in [6.45, 7) is 11.5. The maximum atomic E-state index is 5.53. The molecule has 0 amide bonds. The maximum Gasteiger partial charge on any atom is 0.133 e. The molecule has 0 radical (unpaired) electrons. The second-order valence-electron chi connectivity index (χ2n) is 6.42. The van der Waals surface area contributed by atoms with Gasteiger partial charge in [0.05, 0.1) is 0 Å². The van der Waals surface area contributed by atoms with E-state index >= 15 is 0 Å². The molecule has 0 unspecified atom stereocenters. The number of rotatable bonds is 10. The van der Waals surface area contributed by atoms with E-state index in [1.165, 1.54) is 34.8 Å². The molecule has 0 bridgehead atoms. The first-order chi connectivity index (χ1) is 13.2. The molecule has 0 saturated heterocycles. The lowest BCUT2D eigenvalue weighted by molar-refractivity contribution is 0.481. The molecule has 0 heterocycles. The van der Waals surface area contributed by atoms with Gasteiger partial charge in [0.25, 0.3) is 0 Å². The lowest BCUT2D eigenvalue weighted by atomic mass is 9.93. The molecule has 0 saturated carbocycles. The van der Waals surface area contributed by atoms with Crippen LogP contribution in [0.4, 0.5) is 0 Å². The maximum absolute atomic E-state index is 5.53. The Kier molecular flexibility index (Phi) is 8.26. The molecule has 2 aromatic rings. The minimum atomic E-state index is 0.826. The Balaban J connectivity index is 2.33. The van der Waals surface area contributed by atoms with Gasteiger partial charge in [-0.3, -0.25) is 0 Å². The third kappa shape index (κ3) is 6.08. The van der Waals surface area contributed by atoms with E-state index in [1.54, 1.807) is 0 Å². The summed E-state index contributed by atoms with van der Waals surface area (Å²) < 4.78 is 11.1. The predicted octanol–water partition coefficient (Wildman–Crippen LogP) is 6.54. The number of aryl methyl sites for hydroxylation is 2. The molecule has 2 rings (SSSR count). The molecule has 2 aromatic carbocycles. The summed E-state index contributed by atoms with van der Waals surface area (Å²) in [6.07, 6.45) is 8.12. The molecular weight excluding hydrogens is 332 g/mol. The van der Waals surface area contributed by atoms with Gasteiger partial charge in [0, 0.05) is 0 Å². The second-order valence-corrected chi connectivity index (χ2v) is 6.42. The molecule has 0 aliphatic rings. The van der Waals surface area contributed by atoms with Crippen LogP contribution in [0.2, 0.25) is 0 Å². The standard InChI is InChI=1S/C25H28O2/c1-5-9-20-18-24(26-15-7-3)13-11-22(20)17-23-12-14-25(27-16-8-4)19-21(23)10-6-2/h11-16,18-19H,3-6,9-10,17H2,1-2H3. The summed E-state index contributed by atoms with van der Waals surface area (Å²) in [6, 6.07) is 12.6. The zero-order chi connectivity index (χ0) is 19.5. The first kappa shape index (κ1) is 20.4. The minimum absolute atomic E-state index is 0.826. The summed E-state index contributed by atoms with van der Waals surface area (Å²) >= 11 is 0. The largest absolute Gasteiger partial charge is 0.457 e. The van der Waals surface area contributed by atoms with Crippen molar-refractivity contribution in [2.75, 3.05) is 0 Å². The summed E-state index contributed by atoms with van der Waals surface area (Å²) in [7, 11) is 0. The van der Waals surface area contributed by atoms with Crippen LogP contribution in [0.25, 0.3) is 0 Å². The van der Waals surface area contributed by atoms with Crippen molar-refractivity contribution in [2.45, 2.75) is 46.0 Å². The molecule has 27 heavy (non-hydrogen) atoms. The summed E-state index contributed by atoms with van der Waals surface area (Å²) in [5, 5.41) is 0. The van der Waals surface area contributed by atoms with Gasteiger partial charge in [-0.25, -0.2) is 0 Å². The second kappa shape index (κ2) is 10.9. The monoisotopic (exact) mass is 360 g/mol. The van der Waals surface area contributed by atoms with Crippen molar-refractivity contribution in [1.82, 2.24) is 0 Å². The molecule has 0 N–H and O–H groups in total. The number of ether oxygens (including phenoxy) is 2. The smallest absolute Gasteiger partial charge is 0.133 e. The van der Waals surface area contributed by atoms with Gasteiger partial charge in [-0.1, -0.05) is 63.4 Å². The van der Waals surface area contributed by atoms with Crippen LogP contribution in [0.15, 0.2) is 73.5 Å². The van der Waals surface area contributed by atoms with Gasteiger partial charge in [0.1, 0.15) is 24.0 Å². The molecule has 0 atom stereocenters. The van der Waals surface area contributed by atoms with Crippen LogP contribution in [-0.2, 0) is 19.3 Å². The van der Waals surface area contributed by atoms with Gasteiger partial charge < -0.3 is 9.47 Å². The molecule has 0 aromatic heterocycles. The molecule has 0 fully saturated rings. The molecule has 0 aliphatic heterocycles. The third-order valence-electron chi connectivity index (χ3n) is 4.33. The van der Waals surface area contributed by atoms with E-state index in [1.807, 2.05) is 12.1 Å². The van der Waals surface area contributed by atoms with Crippen molar-refractivity contribution in [3.05, 3.63) is 95.8 Å². The highest BCUT2D eigenvalue weighted by molar-refractivity contribution is 5.43. The first-order valence-electron chi connectivity index (χ1n) is 9.47. The minimum Gasteiger partial charge on any atom is -0.457 e. The van der Waals surface area contributed by atoms with Crippen LogP contribution in [0, 0.1) is 0 Å². The van der Waals surface area contributed by atoms with Crippen LogP contribution >= 0.6 is 0 Å². The van der Waals surface area contributed by atoms with Gasteiger partial charge in [-0.2, -0.15) is 0 Å². The molecule has 2 nitrogen and oxygen atoms in total. The molecule has 0 aliphatic carbocycles. The van der Waals surface area contributed by atoms with Gasteiger partial charge >= 0.3 is 0 Å². The molecule has 2 heteroatoms. The Morgan fingerprint density at radius 3 is 1.56 bits per heavy atom. The molecule has 0 spiro atoms. The first-order valence-corrected chi connectivity index (χ1v) is 9.47. The third-order valence-corrected chi connectivity index (χ3v) is 4.33. The average Bonchev–Trinajstić information content (AvgIpc) is 2.68. The van der Waals surface area contributed by atoms with Crippen molar-refractivity contribution in [1.29, 1.82) is 0 Å². The highest BCUT2D eigenvalue weighted by Crippen LogP contribution is 2.26. The van der Waals surface area contributed by atoms with Crippen LogP contribution in [0.5, 0.6) is 11.5 Å². The normalized spacial score (nSPS) is 9.85. The zero-order valence-corrected chi connectivity index (χ0v) is 16.4. The topological polar surface area (TPSA) is 18.5 Å². The molecular formula is C25H28O2. The van der Waals surface area contributed by atoms with E-state index < -0.39 is 0 Å². The number of hydrogen-bond acceptors (Lipinski definition) is 2.